The number of hydrogen-bond donors (Lipinski definition) is 3. The van der Waals surface area contributed by atoms with Gasteiger partial charge in [-0.1, -0.05) is 32.9 Å². The molecule has 0 bridgehead atoms. The molecule has 0 aliphatic rings. The maximum atomic E-state index is 12.3. The molecule has 0 amide bonds. The van der Waals surface area contributed by atoms with Crippen molar-refractivity contribution in [3.8, 4) is 0 Å². The quantitative estimate of drug-likeness (QED) is 0.675. The first-order valence-electron chi connectivity index (χ1n) is 7.13. The fourth-order valence-electron chi connectivity index (χ4n) is 2.03. The molecule has 0 unspecified atom stereocenters. The number of rotatable bonds is 8. The van der Waals surface area contributed by atoms with Gasteiger partial charge in [0.05, 0.1) is 23.6 Å². The van der Waals surface area contributed by atoms with Gasteiger partial charge in [-0.2, -0.15) is 0 Å². The number of aliphatic hydroxyl groups excluding tert-OH is 2. The van der Waals surface area contributed by atoms with Gasteiger partial charge < -0.3 is 10.2 Å². The van der Waals surface area contributed by atoms with Crippen molar-refractivity contribution in [2.75, 3.05) is 13.2 Å². The predicted molar refractivity (Wildman–Crippen MR) is 82.5 cm³/mol. The Kier molecular flexibility index (Phi) is 6.34. The van der Waals surface area contributed by atoms with Crippen molar-refractivity contribution in [1.29, 1.82) is 0 Å². The van der Waals surface area contributed by atoms with Crippen molar-refractivity contribution in [3.05, 3.63) is 29.8 Å². The molecule has 0 atom stereocenters. The van der Waals surface area contributed by atoms with Crippen molar-refractivity contribution in [2.45, 2.75) is 44.0 Å². The molecule has 3 N–H and O–H groups in total. The lowest BCUT2D eigenvalue weighted by molar-refractivity contribution is 0.105. The SMILES string of the molecule is CCC(CO)(CO)NS(=O)(=O)c1ccc(CC(C)C)cc1. The van der Waals surface area contributed by atoms with Crippen LogP contribution in [0.3, 0.4) is 0 Å². The van der Waals surface area contributed by atoms with E-state index in [9.17, 15) is 18.6 Å². The number of nitrogens with one attached hydrogen (secondary N) is 1. The highest BCUT2D eigenvalue weighted by molar-refractivity contribution is 7.89. The zero-order valence-corrected chi connectivity index (χ0v) is 13.7. The maximum absolute atomic E-state index is 12.3. The Morgan fingerprint density at radius 3 is 2.05 bits per heavy atom. The molecule has 0 heterocycles. The van der Waals surface area contributed by atoms with Crippen LogP contribution in [0.25, 0.3) is 0 Å². The maximum Gasteiger partial charge on any atom is 0.241 e. The molecule has 6 heteroatoms. The van der Waals surface area contributed by atoms with E-state index in [1.807, 2.05) is 0 Å². The molecule has 1 aromatic rings. The third kappa shape index (κ3) is 4.78. The molecule has 0 fully saturated rings. The van der Waals surface area contributed by atoms with E-state index in [0.29, 0.717) is 12.3 Å². The molecule has 5 nitrogen and oxygen atoms in total. The third-order valence-corrected chi connectivity index (χ3v) is 5.11. The van der Waals surface area contributed by atoms with Gasteiger partial charge in [0.25, 0.3) is 0 Å². The zero-order chi connectivity index (χ0) is 16.1. The zero-order valence-electron chi connectivity index (χ0n) is 12.8. The summed E-state index contributed by atoms with van der Waals surface area (Å²) in [6.07, 6.45) is 1.19. The van der Waals surface area contributed by atoms with Crippen LogP contribution >= 0.6 is 0 Å². The van der Waals surface area contributed by atoms with E-state index in [1.54, 1.807) is 31.2 Å². The first-order valence-corrected chi connectivity index (χ1v) is 8.61. The van der Waals surface area contributed by atoms with Crippen molar-refractivity contribution >= 4 is 10.0 Å². The van der Waals surface area contributed by atoms with E-state index in [-0.39, 0.29) is 4.90 Å². The number of aliphatic hydroxyl groups is 2. The molecule has 120 valence electrons. The lowest BCUT2D eigenvalue weighted by Gasteiger charge is -2.29. The summed E-state index contributed by atoms with van der Waals surface area (Å²) in [5.74, 6) is 0.502. The van der Waals surface area contributed by atoms with Gasteiger partial charge in [-0.3, -0.25) is 0 Å². The van der Waals surface area contributed by atoms with Crippen LogP contribution < -0.4 is 4.72 Å². The van der Waals surface area contributed by atoms with Crippen LogP contribution in [-0.4, -0.2) is 37.4 Å². The van der Waals surface area contributed by atoms with Crippen molar-refractivity contribution in [3.63, 3.8) is 0 Å². The first-order chi connectivity index (χ1) is 9.78. The Morgan fingerprint density at radius 1 is 1.14 bits per heavy atom. The Hall–Kier alpha value is -0.950. The molecule has 0 aliphatic carbocycles. The average molecular weight is 315 g/mol. The van der Waals surface area contributed by atoms with Gasteiger partial charge in [0.15, 0.2) is 0 Å². The smallest absolute Gasteiger partial charge is 0.241 e. The monoisotopic (exact) mass is 315 g/mol. The van der Waals surface area contributed by atoms with Crippen molar-refractivity contribution in [2.24, 2.45) is 5.92 Å². The van der Waals surface area contributed by atoms with Crippen molar-refractivity contribution < 1.29 is 18.6 Å². The van der Waals surface area contributed by atoms with Crippen LogP contribution in [0, 0.1) is 5.92 Å². The Labute approximate surface area is 127 Å². The van der Waals surface area contributed by atoms with Gasteiger partial charge in [-0.05, 0) is 36.5 Å². The number of benzene rings is 1. The molecular weight excluding hydrogens is 290 g/mol. The average Bonchev–Trinajstić information content (AvgIpc) is 2.45. The van der Waals surface area contributed by atoms with Crippen LogP contribution in [-0.2, 0) is 16.4 Å². The highest BCUT2D eigenvalue weighted by Crippen LogP contribution is 2.17. The molecule has 0 saturated carbocycles. The molecule has 0 saturated heterocycles. The second kappa shape index (κ2) is 7.35. The molecule has 0 radical (unpaired) electrons. The summed E-state index contributed by atoms with van der Waals surface area (Å²) in [6.45, 7) is 5.00. The minimum atomic E-state index is -3.77. The number of sulfonamides is 1. The summed E-state index contributed by atoms with van der Waals surface area (Å²) in [5, 5.41) is 18.7. The third-order valence-electron chi connectivity index (χ3n) is 3.51. The summed E-state index contributed by atoms with van der Waals surface area (Å²) >= 11 is 0. The fraction of sp³-hybridized carbons (Fsp3) is 0.600. The molecule has 1 rings (SSSR count). The largest absolute Gasteiger partial charge is 0.394 e. The van der Waals surface area contributed by atoms with Gasteiger partial charge in [-0.15, -0.1) is 0 Å². The fourth-order valence-corrected chi connectivity index (χ4v) is 3.49. The van der Waals surface area contributed by atoms with E-state index in [4.69, 9.17) is 0 Å². The normalized spacial score (nSPS) is 12.9. The Balaban J connectivity index is 2.97. The van der Waals surface area contributed by atoms with Crippen LogP contribution in [0.5, 0.6) is 0 Å². The molecule has 1 aromatic carbocycles. The minimum absolute atomic E-state index is 0.134. The van der Waals surface area contributed by atoms with E-state index in [1.165, 1.54) is 0 Å². The van der Waals surface area contributed by atoms with Crippen LogP contribution in [0.1, 0.15) is 32.8 Å². The molecule has 0 aliphatic heterocycles. The van der Waals surface area contributed by atoms with Crippen molar-refractivity contribution in [1.82, 2.24) is 4.72 Å². The van der Waals surface area contributed by atoms with Gasteiger partial charge in [-0.25, -0.2) is 13.1 Å². The minimum Gasteiger partial charge on any atom is -0.394 e. The Morgan fingerprint density at radius 2 is 1.67 bits per heavy atom. The second-order valence-electron chi connectivity index (χ2n) is 5.80. The van der Waals surface area contributed by atoms with E-state index in [0.717, 1.165) is 12.0 Å². The molecule has 0 spiro atoms. The lowest BCUT2D eigenvalue weighted by atomic mass is 10.0. The second-order valence-corrected chi connectivity index (χ2v) is 7.48. The van der Waals surface area contributed by atoms with E-state index in [2.05, 4.69) is 18.6 Å². The highest BCUT2D eigenvalue weighted by atomic mass is 32.2. The lowest BCUT2D eigenvalue weighted by Crippen LogP contribution is -2.53. The van der Waals surface area contributed by atoms with Crippen LogP contribution in [0.4, 0.5) is 0 Å². The predicted octanol–water partition coefficient (Wildman–Crippen LogP) is 1.30. The molecule has 0 aromatic heterocycles. The molecular formula is C15H25NO4S. The topological polar surface area (TPSA) is 86.6 Å². The Bertz CT molecular complexity index is 525. The van der Waals surface area contributed by atoms with E-state index >= 15 is 0 Å². The van der Waals surface area contributed by atoms with E-state index < -0.39 is 28.8 Å². The van der Waals surface area contributed by atoms with Crippen LogP contribution in [0.15, 0.2) is 29.2 Å². The van der Waals surface area contributed by atoms with Gasteiger partial charge in [0.2, 0.25) is 10.0 Å². The highest BCUT2D eigenvalue weighted by Gasteiger charge is 2.32. The standard InChI is InChI=1S/C15H25NO4S/c1-4-15(10-17,11-18)16-21(19,20)14-7-5-13(6-8-14)9-12(2)3/h5-8,12,16-18H,4,9-11H2,1-3H3. The molecule has 21 heavy (non-hydrogen) atoms. The van der Waals surface area contributed by atoms with Gasteiger partial charge >= 0.3 is 0 Å². The summed E-state index contributed by atoms with van der Waals surface area (Å²) in [7, 11) is -3.77. The first kappa shape index (κ1) is 18.1. The summed E-state index contributed by atoms with van der Waals surface area (Å²) < 4.78 is 27.1. The van der Waals surface area contributed by atoms with Gasteiger partial charge in [0, 0.05) is 0 Å². The summed E-state index contributed by atoms with van der Waals surface area (Å²) in [6, 6.07) is 6.69. The summed E-state index contributed by atoms with van der Waals surface area (Å²) in [4.78, 5) is 0.134. The van der Waals surface area contributed by atoms with Gasteiger partial charge in [0.1, 0.15) is 0 Å². The number of hydrogen-bond acceptors (Lipinski definition) is 4. The van der Waals surface area contributed by atoms with Crippen LogP contribution in [0.2, 0.25) is 0 Å². The summed E-state index contributed by atoms with van der Waals surface area (Å²) in [5.41, 5.74) is -0.148.